The van der Waals surface area contributed by atoms with E-state index >= 15 is 0 Å². The highest BCUT2D eigenvalue weighted by Gasteiger charge is 2.36. The summed E-state index contributed by atoms with van der Waals surface area (Å²) in [5.41, 5.74) is -0.109. The molecule has 1 aromatic heterocycles. The Kier molecular flexibility index (Phi) is 5.86. The Hall–Kier alpha value is -2.62. The molecule has 1 aromatic rings. The van der Waals surface area contributed by atoms with Crippen LogP contribution < -0.4 is 20.7 Å². The number of halogens is 3. The third kappa shape index (κ3) is 4.72. The van der Waals surface area contributed by atoms with Crippen molar-refractivity contribution in [3.63, 3.8) is 0 Å². The van der Waals surface area contributed by atoms with Gasteiger partial charge in [0.15, 0.2) is 6.61 Å². The second-order valence-corrected chi connectivity index (χ2v) is 5.79. The van der Waals surface area contributed by atoms with Crippen LogP contribution in [-0.2, 0) is 4.79 Å². The van der Waals surface area contributed by atoms with Crippen molar-refractivity contribution in [1.82, 2.24) is 20.9 Å². The summed E-state index contributed by atoms with van der Waals surface area (Å²) in [4.78, 5) is 20.4. The zero-order chi connectivity index (χ0) is 19.4. The number of ether oxygens (including phenoxy) is 1. The van der Waals surface area contributed by atoms with E-state index in [0.29, 0.717) is 11.1 Å². The summed E-state index contributed by atoms with van der Waals surface area (Å²) < 4.78 is 41.4. The number of nitrogens with zero attached hydrogens (tertiary/aromatic N) is 2. The number of alkyl halides is 3. The zero-order valence-corrected chi connectivity index (χ0v) is 14.5. The van der Waals surface area contributed by atoms with Crippen LogP contribution >= 0.6 is 0 Å². The van der Waals surface area contributed by atoms with Crippen molar-refractivity contribution in [2.45, 2.75) is 31.7 Å². The van der Waals surface area contributed by atoms with Crippen LogP contribution in [0.1, 0.15) is 24.1 Å². The van der Waals surface area contributed by atoms with Gasteiger partial charge in [0.1, 0.15) is 0 Å². The smallest absolute Gasteiger partial charge is 0.422 e. The van der Waals surface area contributed by atoms with Crippen LogP contribution in [0.3, 0.4) is 0 Å². The first kappa shape index (κ1) is 19.7. The number of aromatic nitrogens is 1. The minimum atomic E-state index is -4.43. The van der Waals surface area contributed by atoms with Crippen LogP contribution in [0, 0.1) is 6.92 Å². The van der Waals surface area contributed by atoms with Crippen LogP contribution in [0.25, 0.3) is 0 Å². The maximum absolute atomic E-state index is 12.6. The molecule has 0 aliphatic carbocycles. The molecule has 142 valence electrons. The van der Waals surface area contributed by atoms with Crippen LogP contribution in [0.5, 0.6) is 5.88 Å². The molecule has 1 aliphatic heterocycles. The minimum absolute atomic E-state index is 0.0949. The average Bonchev–Trinajstić information content (AvgIpc) is 2.60. The lowest BCUT2D eigenvalue weighted by Gasteiger charge is -2.31. The van der Waals surface area contributed by atoms with Gasteiger partial charge in [-0.15, -0.1) is 0 Å². The van der Waals surface area contributed by atoms with Crippen molar-refractivity contribution >= 4 is 12.1 Å². The second kappa shape index (κ2) is 7.73. The number of carbonyl (C=O) groups excluding carboxylic acids is 1. The number of rotatable bonds is 6. The highest BCUT2D eigenvalue weighted by molar-refractivity contribution is 6.03. The summed E-state index contributed by atoms with van der Waals surface area (Å²) in [5, 5.41) is 8.57. The number of pyridine rings is 1. The zero-order valence-electron chi connectivity index (χ0n) is 14.5. The second-order valence-electron chi connectivity index (χ2n) is 5.79. The van der Waals surface area contributed by atoms with Crippen molar-refractivity contribution in [2.75, 3.05) is 13.7 Å². The topological polar surface area (TPSA) is 87.6 Å². The Bertz CT molecular complexity index is 720. The fourth-order valence-corrected chi connectivity index (χ4v) is 2.29. The van der Waals surface area contributed by atoms with E-state index in [1.165, 1.54) is 18.6 Å². The van der Waals surface area contributed by atoms with E-state index in [9.17, 15) is 18.0 Å². The summed E-state index contributed by atoms with van der Waals surface area (Å²) in [6.45, 7) is 1.92. The number of amides is 1. The molecule has 1 aliphatic rings. The van der Waals surface area contributed by atoms with E-state index in [4.69, 9.17) is 0 Å². The minimum Gasteiger partial charge on any atom is -0.468 e. The third-order valence-electron chi connectivity index (χ3n) is 3.76. The maximum atomic E-state index is 12.6. The summed E-state index contributed by atoms with van der Waals surface area (Å²) in [5.74, 6) is -0.460. The van der Waals surface area contributed by atoms with Gasteiger partial charge in [0.25, 0.3) is 5.91 Å². The van der Waals surface area contributed by atoms with Gasteiger partial charge in [0.2, 0.25) is 11.5 Å². The van der Waals surface area contributed by atoms with Gasteiger partial charge in [0.05, 0.1) is 12.3 Å². The quantitative estimate of drug-likeness (QED) is 0.707. The summed E-state index contributed by atoms with van der Waals surface area (Å²) in [6, 6.07) is 1.19. The van der Waals surface area contributed by atoms with Gasteiger partial charge in [-0.1, -0.05) is 0 Å². The lowest BCUT2D eigenvalue weighted by molar-refractivity contribution is -0.154. The van der Waals surface area contributed by atoms with E-state index in [1.807, 2.05) is 0 Å². The molecule has 1 amide bonds. The number of aliphatic imine (C=N–C) groups is 1. The third-order valence-corrected chi connectivity index (χ3v) is 3.76. The Morgan fingerprint density at radius 1 is 1.46 bits per heavy atom. The first-order valence-corrected chi connectivity index (χ1v) is 7.80. The van der Waals surface area contributed by atoms with Crippen LogP contribution in [0.2, 0.25) is 0 Å². The fourth-order valence-electron chi connectivity index (χ4n) is 2.29. The fraction of sp³-hybridized carbons (Fsp3) is 0.438. The van der Waals surface area contributed by atoms with Gasteiger partial charge >= 0.3 is 6.18 Å². The van der Waals surface area contributed by atoms with Crippen molar-refractivity contribution in [1.29, 1.82) is 0 Å². The van der Waals surface area contributed by atoms with Gasteiger partial charge in [-0.25, -0.2) is 4.98 Å². The van der Waals surface area contributed by atoms with E-state index in [1.54, 1.807) is 33.2 Å². The normalized spacial score (nSPS) is 20.4. The van der Waals surface area contributed by atoms with Gasteiger partial charge in [0, 0.05) is 24.2 Å². The molecule has 26 heavy (non-hydrogen) atoms. The van der Waals surface area contributed by atoms with Crippen LogP contribution in [-0.4, -0.2) is 42.6 Å². The molecular formula is C16H20F3N5O2. The molecule has 2 rings (SSSR count). The molecule has 0 saturated heterocycles. The molecule has 0 radical (unpaired) electrons. The molecule has 0 aromatic carbocycles. The number of aryl methyl sites for hydroxylation is 1. The monoisotopic (exact) mass is 371 g/mol. The Labute approximate surface area is 148 Å². The first-order valence-electron chi connectivity index (χ1n) is 7.80. The maximum Gasteiger partial charge on any atom is 0.422 e. The molecule has 0 saturated carbocycles. The van der Waals surface area contributed by atoms with Crippen molar-refractivity contribution < 1.29 is 22.7 Å². The average molecular weight is 371 g/mol. The van der Waals surface area contributed by atoms with Crippen LogP contribution in [0.4, 0.5) is 13.2 Å². The van der Waals surface area contributed by atoms with Gasteiger partial charge in [-0.3, -0.25) is 15.1 Å². The number of likely N-dealkylation sites (N-methyl/N-ethyl adjacent to an activating group) is 1. The Morgan fingerprint density at radius 3 is 2.73 bits per heavy atom. The number of nitrogens with one attached hydrogen (secondary N) is 3. The predicted molar refractivity (Wildman–Crippen MR) is 89.6 cm³/mol. The predicted octanol–water partition coefficient (Wildman–Crippen LogP) is 1.57. The van der Waals surface area contributed by atoms with Crippen molar-refractivity contribution in [3.05, 3.63) is 35.8 Å². The summed E-state index contributed by atoms with van der Waals surface area (Å²) >= 11 is 0. The van der Waals surface area contributed by atoms with Crippen LogP contribution in [0.15, 0.2) is 29.7 Å². The largest absolute Gasteiger partial charge is 0.468 e. The molecule has 2 heterocycles. The number of hydrogen-bond donors (Lipinski definition) is 3. The molecule has 2 unspecified atom stereocenters. The molecule has 2 atom stereocenters. The number of carbonyl (C=O) groups is 1. The van der Waals surface area contributed by atoms with E-state index in [-0.39, 0.29) is 11.8 Å². The lowest BCUT2D eigenvalue weighted by atomic mass is 10.1. The van der Waals surface area contributed by atoms with E-state index in [0.717, 1.165) is 0 Å². The Balaban J connectivity index is 2.06. The van der Waals surface area contributed by atoms with Crippen molar-refractivity contribution in [2.24, 2.45) is 4.99 Å². The lowest BCUT2D eigenvalue weighted by Crippen LogP contribution is -2.65. The molecule has 0 bridgehead atoms. The molecule has 7 nitrogen and oxygen atoms in total. The molecule has 0 spiro atoms. The van der Waals surface area contributed by atoms with Crippen molar-refractivity contribution in [3.8, 4) is 5.88 Å². The number of hydrogen-bond acceptors (Lipinski definition) is 6. The first-order chi connectivity index (χ1) is 12.2. The molecule has 3 N–H and O–H groups in total. The van der Waals surface area contributed by atoms with Gasteiger partial charge in [-0.05, 0) is 32.5 Å². The standard InChI is InChI=1S/C16H20F3N5O2/c1-10-6-12(7-22-13(10)26-9-16(17,18)19)11(2)24-14(25)15(20-3)8-21-4-5-23-15/h4-8,11,20,23H,9H2,1-3H3,(H,24,25). The molecule has 10 heteroatoms. The summed E-state index contributed by atoms with van der Waals surface area (Å²) in [6.07, 6.45) is 1.43. The van der Waals surface area contributed by atoms with E-state index in [2.05, 4.69) is 30.7 Å². The summed E-state index contributed by atoms with van der Waals surface area (Å²) in [7, 11) is 1.61. The SMILES string of the molecule is CNC1(C(=O)NC(C)c2cnc(OCC(F)(F)F)c(C)c2)C=NC=CN1. The van der Waals surface area contributed by atoms with E-state index < -0.39 is 24.5 Å². The Morgan fingerprint density at radius 2 is 2.19 bits per heavy atom. The highest BCUT2D eigenvalue weighted by Crippen LogP contribution is 2.23. The van der Waals surface area contributed by atoms with Gasteiger partial charge in [-0.2, -0.15) is 13.2 Å². The van der Waals surface area contributed by atoms with Gasteiger partial charge < -0.3 is 15.4 Å². The molecular weight excluding hydrogens is 351 g/mol. The molecule has 0 fully saturated rings. The highest BCUT2D eigenvalue weighted by atomic mass is 19.4.